The van der Waals surface area contributed by atoms with E-state index >= 15 is 0 Å². The number of piperidine rings is 1. The summed E-state index contributed by atoms with van der Waals surface area (Å²) >= 11 is 0. The Bertz CT molecular complexity index is 618. The molecule has 2 rings (SSSR count). The number of sulfonamides is 1. The van der Waals surface area contributed by atoms with E-state index in [1.165, 1.54) is 12.1 Å². The van der Waals surface area contributed by atoms with Crippen molar-refractivity contribution in [3.8, 4) is 0 Å². The van der Waals surface area contributed by atoms with E-state index < -0.39 is 10.0 Å². The highest BCUT2D eigenvalue weighted by Crippen LogP contribution is 2.23. The highest BCUT2D eigenvalue weighted by molar-refractivity contribution is 7.89. The van der Waals surface area contributed by atoms with Crippen LogP contribution in [-0.4, -0.2) is 38.3 Å². The van der Waals surface area contributed by atoms with Crippen molar-refractivity contribution in [3.63, 3.8) is 0 Å². The highest BCUT2D eigenvalue weighted by Gasteiger charge is 2.28. The summed E-state index contributed by atoms with van der Waals surface area (Å²) < 4.78 is 26.8. The predicted octanol–water partition coefficient (Wildman–Crippen LogP) is 2.64. The summed E-state index contributed by atoms with van der Waals surface area (Å²) in [5, 5.41) is 2.83. The zero-order valence-corrected chi connectivity index (χ0v) is 14.7. The topological polar surface area (TPSA) is 66.5 Å². The average Bonchev–Trinajstić information content (AvgIpc) is 2.55. The maximum Gasteiger partial charge on any atom is 0.251 e. The Kier molecular flexibility index (Phi) is 6.18. The molecule has 0 unspecified atom stereocenters. The van der Waals surface area contributed by atoms with Crippen LogP contribution >= 0.6 is 0 Å². The molecule has 5 nitrogen and oxygen atoms in total. The molecular formula is C17H26N2O3S. The van der Waals surface area contributed by atoms with Gasteiger partial charge < -0.3 is 5.32 Å². The Balaban J connectivity index is 2.05. The first-order chi connectivity index (χ1) is 10.9. The van der Waals surface area contributed by atoms with E-state index in [0.29, 0.717) is 31.1 Å². The van der Waals surface area contributed by atoms with Gasteiger partial charge in [-0.1, -0.05) is 20.3 Å². The van der Waals surface area contributed by atoms with E-state index in [1.54, 1.807) is 16.4 Å². The Morgan fingerprint density at radius 1 is 1.22 bits per heavy atom. The molecule has 0 spiro atoms. The second kappa shape index (κ2) is 7.93. The first-order valence-corrected chi connectivity index (χ1v) is 9.77. The Hall–Kier alpha value is -1.40. The van der Waals surface area contributed by atoms with Gasteiger partial charge in [0.1, 0.15) is 0 Å². The number of nitrogens with one attached hydrogen (secondary N) is 1. The van der Waals surface area contributed by atoms with Crippen LogP contribution in [0.5, 0.6) is 0 Å². The van der Waals surface area contributed by atoms with Gasteiger partial charge in [-0.2, -0.15) is 4.31 Å². The van der Waals surface area contributed by atoms with Crippen LogP contribution in [0.1, 0.15) is 49.9 Å². The number of carbonyl (C=O) groups excluding carboxylic acids is 1. The summed E-state index contributed by atoms with van der Waals surface area (Å²) in [6, 6.07) is 6.23. The summed E-state index contributed by atoms with van der Waals surface area (Å²) in [5.41, 5.74) is 0.493. The Morgan fingerprint density at radius 2 is 1.83 bits per heavy atom. The summed E-state index contributed by atoms with van der Waals surface area (Å²) in [7, 11) is -3.45. The molecular weight excluding hydrogens is 312 g/mol. The molecule has 0 saturated carbocycles. The Morgan fingerprint density at radius 3 is 2.39 bits per heavy atom. The van der Waals surface area contributed by atoms with Crippen molar-refractivity contribution in [3.05, 3.63) is 29.8 Å². The van der Waals surface area contributed by atoms with Crippen molar-refractivity contribution in [2.75, 3.05) is 19.6 Å². The fourth-order valence-corrected chi connectivity index (χ4v) is 4.10. The summed E-state index contributed by atoms with van der Waals surface area (Å²) in [6.45, 7) is 6.00. The molecule has 0 bridgehead atoms. The SMILES string of the molecule is CCCCNC(=O)c1ccc(S(=O)(=O)N2CCC(C)CC2)cc1. The van der Waals surface area contributed by atoms with Gasteiger partial charge in [-0.3, -0.25) is 4.79 Å². The molecule has 6 heteroatoms. The van der Waals surface area contributed by atoms with Crippen LogP contribution in [0.3, 0.4) is 0 Å². The summed E-state index contributed by atoms with van der Waals surface area (Å²) in [5.74, 6) is 0.421. The lowest BCUT2D eigenvalue weighted by atomic mass is 10.0. The van der Waals surface area contributed by atoms with Crippen LogP contribution in [0.15, 0.2) is 29.2 Å². The maximum absolute atomic E-state index is 12.6. The van der Waals surface area contributed by atoms with E-state index in [-0.39, 0.29) is 10.8 Å². The molecule has 1 aromatic rings. The van der Waals surface area contributed by atoms with Crippen LogP contribution in [0.2, 0.25) is 0 Å². The first kappa shape index (κ1) is 17.9. The number of nitrogens with zero attached hydrogens (tertiary/aromatic N) is 1. The van der Waals surface area contributed by atoms with Crippen LogP contribution in [0.25, 0.3) is 0 Å². The molecule has 1 N–H and O–H groups in total. The summed E-state index contributed by atoms with van der Waals surface area (Å²) in [4.78, 5) is 12.2. The van der Waals surface area contributed by atoms with Crippen LogP contribution in [0.4, 0.5) is 0 Å². The van der Waals surface area contributed by atoms with Crippen molar-refractivity contribution < 1.29 is 13.2 Å². The fourth-order valence-electron chi connectivity index (χ4n) is 2.63. The lowest BCUT2D eigenvalue weighted by molar-refractivity contribution is 0.0953. The maximum atomic E-state index is 12.6. The Labute approximate surface area is 139 Å². The molecule has 0 aliphatic carbocycles. The zero-order chi connectivity index (χ0) is 16.9. The van der Waals surface area contributed by atoms with Gasteiger partial charge in [-0.05, 0) is 49.4 Å². The number of amides is 1. The minimum atomic E-state index is -3.45. The molecule has 1 saturated heterocycles. The molecule has 0 atom stereocenters. The monoisotopic (exact) mass is 338 g/mol. The van der Waals surface area contributed by atoms with E-state index in [0.717, 1.165) is 25.7 Å². The first-order valence-electron chi connectivity index (χ1n) is 8.33. The lowest BCUT2D eigenvalue weighted by Crippen LogP contribution is -2.37. The quantitative estimate of drug-likeness (QED) is 0.811. The standard InChI is InChI=1S/C17H26N2O3S/c1-3-4-11-18-17(20)15-5-7-16(8-6-15)23(21,22)19-12-9-14(2)10-13-19/h5-8,14H,3-4,9-13H2,1-2H3,(H,18,20). The smallest absolute Gasteiger partial charge is 0.251 e. The van der Waals surface area contributed by atoms with Gasteiger partial charge in [-0.15, -0.1) is 0 Å². The van der Waals surface area contributed by atoms with Gasteiger partial charge in [0.2, 0.25) is 10.0 Å². The normalized spacial score (nSPS) is 17.1. The van der Waals surface area contributed by atoms with Crippen LogP contribution < -0.4 is 5.32 Å². The minimum Gasteiger partial charge on any atom is -0.352 e. The van der Waals surface area contributed by atoms with Gasteiger partial charge >= 0.3 is 0 Å². The van der Waals surface area contributed by atoms with Gasteiger partial charge in [0, 0.05) is 25.2 Å². The molecule has 0 radical (unpaired) electrons. The van der Waals surface area contributed by atoms with Crippen molar-refractivity contribution in [1.29, 1.82) is 0 Å². The number of carbonyl (C=O) groups is 1. The van der Waals surface area contributed by atoms with E-state index in [2.05, 4.69) is 19.2 Å². The van der Waals surface area contributed by atoms with Crippen molar-refractivity contribution >= 4 is 15.9 Å². The molecule has 1 aliphatic rings. The third kappa shape index (κ3) is 4.54. The molecule has 1 aromatic carbocycles. The number of rotatable bonds is 6. The highest BCUT2D eigenvalue weighted by atomic mass is 32.2. The van der Waals surface area contributed by atoms with Crippen LogP contribution in [-0.2, 0) is 10.0 Å². The average molecular weight is 338 g/mol. The van der Waals surface area contributed by atoms with Crippen molar-refractivity contribution in [1.82, 2.24) is 9.62 Å². The third-order valence-electron chi connectivity index (χ3n) is 4.31. The van der Waals surface area contributed by atoms with Gasteiger partial charge in [0.05, 0.1) is 4.90 Å². The number of hydrogen-bond donors (Lipinski definition) is 1. The van der Waals surface area contributed by atoms with E-state index in [4.69, 9.17) is 0 Å². The van der Waals surface area contributed by atoms with E-state index in [9.17, 15) is 13.2 Å². The molecule has 1 amide bonds. The second-order valence-electron chi connectivity index (χ2n) is 6.22. The largest absolute Gasteiger partial charge is 0.352 e. The molecule has 1 aliphatic heterocycles. The number of benzene rings is 1. The van der Waals surface area contributed by atoms with Gasteiger partial charge in [0.15, 0.2) is 0 Å². The number of unbranched alkanes of at least 4 members (excludes halogenated alkanes) is 1. The van der Waals surface area contributed by atoms with Gasteiger partial charge in [0.25, 0.3) is 5.91 Å². The molecule has 1 fully saturated rings. The predicted molar refractivity (Wildman–Crippen MR) is 90.8 cm³/mol. The fraction of sp³-hybridized carbons (Fsp3) is 0.588. The summed E-state index contributed by atoms with van der Waals surface area (Å²) in [6.07, 6.45) is 3.76. The second-order valence-corrected chi connectivity index (χ2v) is 8.16. The third-order valence-corrected chi connectivity index (χ3v) is 6.23. The molecule has 23 heavy (non-hydrogen) atoms. The van der Waals surface area contributed by atoms with Gasteiger partial charge in [-0.25, -0.2) is 8.42 Å². The molecule has 128 valence electrons. The molecule has 0 aromatic heterocycles. The molecule has 1 heterocycles. The van der Waals surface area contributed by atoms with Crippen molar-refractivity contribution in [2.45, 2.75) is 44.4 Å². The van der Waals surface area contributed by atoms with Crippen molar-refractivity contribution in [2.24, 2.45) is 5.92 Å². The van der Waals surface area contributed by atoms with E-state index in [1.807, 2.05) is 0 Å². The van der Waals surface area contributed by atoms with Crippen LogP contribution in [0, 0.1) is 5.92 Å². The number of hydrogen-bond acceptors (Lipinski definition) is 3. The lowest BCUT2D eigenvalue weighted by Gasteiger charge is -2.29. The minimum absolute atomic E-state index is 0.158. The zero-order valence-electron chi connectivity index (χ0n) is 13.9.